The van der Waals surface area contributed by atoms with Crippen LogP contribution in [0.25, 0.3) is 0 Å². The number of likely N-dealkylation sites (tertiary alicyclic amines) is 1. The quantitative estimate of drug-likeness (QED) is 0.694. The molecular weight excluding hydrogens is 328 g/mol. The van der Waals surface area contributed by atoms with E-state index in [1.54, 1.807) is 6.92 Å². The highest BCUT2D eigenvalue weighted by Crippen LogP contribution is 2.20. The molecule has 1 saturated heterocycles. The molecule has 0 aliphatic carbocycles. The Hall–Kier alpha value is -1.44. The number of carbonyl (C=O) groups excluding carboxylic acids is 1. The molecule has 1 heterocycles. The highest BCUT2D eigenvalue weighted by molar-refractivity contribution is 7.88. The molecule has 0 saturated carbocycles. The first-order valence-electron chi connectivity index (χ1n) is 8.29. The Morgan fingerprint density at radius 2 is 1.88 bits per heavy atom. The lowest BCUT2D eigenvalue weighted by Gasteiger charge is -2.36. The van der Waals surface area contributed by atoms with Gasteiger partial charge in [0.25, 0.3) is 0 Å². The number of carbonyl (C=O) groups is 1. The summed E-state index contributed by atoms with van der Waals surface area (Å²) in [4.78, 5) is 14.0. The van der Waals surface area contributed by atoms with Crippen LogP contribution in [0.4, 0.5) is 0 Å². The van der Waals surface area contributed by atoms with Crippen LogP contribution in [-0.2, 0) is 26.1 Å². The number of ether oxygens (including phenoxy) is 1. The van der Waals surface area contributed by atoms with Crippen molar-refractivity contribution < 1.29 is 17.9 Å². The van der Waals surface area contributed by atoms with Gasteiger partial charge in [0.05, 0.1) is 12.9 Å². The zero-order valence-electron chi connectivity index (χ0n) is 14.3. The molecule has 1 aromatic rings. The Balaban J connectivity index is 1.93. The van der Waals surface area contributed by atoms with Crippen molar-refractivity contribution in [3.05, 3.63) is 35.9 Å². The van der Waals surface area contributed by atoms with Crippen LogP contribution >= 0.6 is 0 Å². The zero-order valence-corrected chi connectivity index (χ0v) is 15.2. The Bertz CT molecular complexity index is 625. The molecule has 134 valence electrons. The SMILES string of the molecule is CCOC(=O)CN(C1CCN(Cc2ccccc2)CC1)S(C)(=O)=O. The predicted molar refractivity (Wildman–Crippen MR) is 92.9 cm³/mol. The molecule has 24 heavy (non-hydrogen) atoms. The molecule has 0 unspecified atom stereocenters. The van der Waals surface area contributed by atoms with Crippen LogP contribution in [0.15, 0.2) is 30.3 Å². The molecule has 1 aliphatic rings. The Morgan fingerprint density at radius 3 is 2.42 bits per heavy atom. The molecule has 1 aromatic carbocycles. The lowest BCUT2D eigenvalue weighted by Crippen LogP contribution is -2.48. The van der Waals surface area contributed by atoms with Crippen LogP contribution in [0, 0.1) is 0 Å². The number of hydrogen-bond donors (Lipinski definition) is 0. The molecule has 0 radical (unpaired) electrons. The largest absolute Gasteiger partial charge is 0.465 e. The monoisotopic (exact) mass is 354 g/mol. The molecule has 0 atom stereocenters. The number of rotatable bonds is 7. The predicted octanol–water partition coefficient (Wildman–Crippen LogP) is 1.48. The van der Waals surface area contributed by atoms with Gasteiger partial charge in [-0.2, -0.15) is 4.31 Å². The van der Waals surface area contributed by atoms with Gasteiger partial charge in [0.1, 0.15) is 6.54 Å². The van der Waals surface area contributed by atoms with Gasteiger partial charge in [-0.1, -0.05) is 30.3 Å². The lowest BCUT2D eigenvalue weighted by molar-refractivity contribution is -0.143. The zero-order chi connectivity index (χ0) is 17.6. The average Bonchev–Trinajstić information content (AvgIpc) is 2.54. The molecule has 6 nitrogen and oxygen atoms in total. The summed E-state index contributed by atoms with van der Waals surface area (Å²) in [6, 6.07) is 10.1. The second-order valence-corrected chi connectivity index (χ2v) is 8.04. The summed E-state index contributed by atoms with van der Waals surface area (Å²) in [6.45, 7) is 4.26. The van der Waals surface area contributed by atoms with Crippen molar-refractivity contribution in [2.45, 2.75) is 32.4 Å². The molecule has 1 aliphatic heterocycles. The number of benzene rings is 1. The second kappa shape index (κ2) is 8.60. The standard InChI is InChI=1S/C17H26N2O4S/c1-3-23-17(20)14-19(24(2,21)22)16-9-11-18(12-10-16)13-15-7-5-4-6-8-15/h4-8,16H,3,9-14H2,1-2H3. The Morgan fingerprint density at radius 1 is 1.25 bits per heavy atom. The topological polar surface area (TPSA) is 66.9 Å². The number of hydrogen-bond acceptors (Lipinski definition) is 5. The van der Waals surface area contributed by atoms with Crippen LogP contribution in [-0.4, -0.2) is 62.1 Å². The van der Waals surface area contributed by atoms with Gasteiger partial charge in [-0.25, -0.2) is 8.42 Å². The summed E-state index contributed by atoms with van der Waals surface area (Å²) in [7, 11) is -3.44. The van der Waals surface area contributed by atoms with Crippen molar-refractivity contribution in [3.63, 3.8) is 0 Å². The van der Waals surface area contributed by atoms with Crippen LogP contribution in [0.1, 0.15) is 25.3 Å². The van der Waals surface area contributed by atoms with Gasteiger partial charge in [0.15, 0.2) is 0 Å². The van der Waals surface area contributed by atoms with E-state index in [-0.39, 0.29) is 19.2 Å². The van der Waals surface area contributed by atoms with E-state index in [2.05, 4.69) is 17.0 Å². The maximum absolute atomic E-state index is 12.0. The third-order valence-corrected chi connectivity index (χ3v) is 5.51. The highest BCUT2D eigenvalue weighted by Gasteiger charge is 2.32. The number of sulfonamides is 1. The average molecular weight is 354 g/mol. The van der Waals surface area contributed by atoms with Gasteiger partial charge < -0.3 is 4.74 Å². The maximum atomic E-state index is 12.0. The van der Waals surface area contributed by atoms with E-state index in [1.807, 2.05) is 18.2 Å². The first kappa shape index (κ1) is 18.9. The summed E-state index contributed by atoms with van der Waals surface area (Å²) in [6.07, 6.45) is 2.60. The van der Waals surface area contributed by atoms with Crippen LogP contribution in [0.2, 0.25) is 0 Å². The fraction of sp³-hybridized carbons (Fsp3) is 0.588. The minimum Gasteiger partial charge on any atom is -0.465 e. The molecule has 0 spiro atoms. The molecule has 0 N–H and O–H groups in total. The summed E-state index contributed by atoms with van der Waals surface area (Å²) >= 11 is 0. The van der Waals surface area contributed by atoms with E-state index < -0.39 is 16.0 Å². The van der Waals surface area contributed by atoms with Crippen molar-refractivity contribution in [1.82, 2.24) is 9.21 Å². The summed E-state index contributed by atoms with van der Waals surface area (Å²) in [5, 5.41) is 0. The third-order valence-electron chi connectivity index (χ3n) is 4.23. The van der Waals surface area contributed by atoms with E-state index in [0.717, 1.165) is 38.7 Å². The minimum atomic E-state index is -3.44. The van der Waals surface area contributed by atoms with Gasteiger partial charge in [-0.15, -0.1) is 0 Å². The summed E-state index contributed by atoms with van der Waals surface area (Å²) in [5.41, 5.74) is 1.25. The van der Waals surface area contributed by atoms with Crippen molar-refractivity contribution in [1.29, 1.82) is 0 Å². The molecule has 0 bridgehead atoms. The van der Waals surface area contributed by atoms with Crippen LogP contribution in [0.3, 0.4) is 0 Å². The molecule has 0 aromatic heterocycles. The van der Waals surface area contributed by atoms with Crippen molar-refractivity contribution in [2.75, 3.05) is 32.5 Å². The third kappa shape index (κ3) is 5.58. The van der Waals surface area contributed by atoms with E-state index in [0.29, 0.717) is 0 Å². The molecule has 7 heteroatoms. The first-order valence-corrected chi connectivity index (χ1v) is 10.1. The molecule has 1 fully saturated rings. The summed E-state index contributed by atoms with van der Waals surface area (Å²) in [5.74, 6) is -0.491. The van der Waals surface area contributed by atoms with Crippen molar-refractivity contribution >= 4 is 16.0 Å². The minimum absolute atomic E-state index is 0.142. The Labute approximate surface area is 144 Å². The fourth-order valence-electron chi connectivity index (χ4n) is 3.06. The number of nitrogens with zero attached hydrogens (tertiary/aromatic N) is 2. The summed E-state index contributed by atoms with van der Waals surface area (Å²) < 4.78 is 30.3. The smallest absolute Gasteiger partial charge is 0.321 e. The lowest BCUT2D eigenvalue weighted by atomic mass is 10.0. The van der Waals surface area contributed by atoms with Gasteiger partial charge in [-0.05, 0) is 25.3 Å². The normalized spacial score (nSPS) is 17.1. The highest BCUT2D eigenvalue weighted by atomic mass is 32.2. The molecule has 0 amide bonds. The van der Waals surface area contributed by atoms with Crippen molar-refractivity contribution in [2.24, 2.45) is 0 Å². The van der Waals surface area contributed by atoms with Gasteiger partial charge in [0, 0.05) is 25.7 Å². The second-order valence-electron chi connectivity index (χ2n) is 6.11. The van der Waals surface area contributed by atoms with E-state index in [1.165, 1.54) is 9.87 Å². The van der Waals surface area contributed by atoms with E-state index in [9.17, 15) is 13.2 Å². The van der Waals surface area contributed by atoms with Crippen molar-refractivity contribution in [3.8, 4) is 0 Å². The van der Waals surface area contributed by atoms with E-state index in [4.69, 9.17) is 4.74 Å². The number of piperidine rings is 1. The number of esters is 1. The van der Waals surface area contributed by atoms with E-state index >= 15 is 0 Å². The van der Waals surface area contributed by atoms with Crippen LogP contribution < -0.4 is 0 Å². The van der Waals surface area contributed by atoms with Gasteiger partial charge >= 0.3 is 5.97 Å². The van der Waals surface area contributed by atoms with Gasteiger partial charge in [-0.3, -0.25) is 9.69 Å². The molecular formula is C17H26N2O4S. The fourth-order valence-corrected chi connectivity index (χ4v) is 4.15. The van der Waals surface area contributed by atoms with Crippen LogP contribution in [0.5, 0.6) is 0 Å². The maximum Gasteiger partial charge on any atom is 0.321 e. The first-order chi connectivity index (χ1) is 11.4. The molecule has 2 rings (SSSR count). The van der Waals surface area contributed by atoms with Gasteiger partial charge in [0.2, 0.25) is 10.0 Å². The Kier molecular flexibility index (Phi) is 6.77.